The number of anilines is 2. The fourth-order valence-corrected chi connectivity index (χ4v) is 3.76. The van der Waals surface area contributed by atoms with Crippen molar-refractivity contribution in [2.24, 2.45) is 5.92 Å². The van der Waals surface area contributed by atoms with Crippen LogP contribution in [0.1, 0.15) is 38.5 Å². The first-order valence-corrected chi connectivity index (χ1v) is 8.41. The van der Waals surface area contributed by atoms with E-state index in [2.05, 4.69) is 32.0 Å². The quantitative estimate of drug-likeness (QED) is 0.786. The molecule has 0 radical (unpaired) electrons. The number of fused-ring (bicyclic) bond motifs is 1. The fraction of sp³-hybridized carbons (Fsp3) is 0.600. The lowest BCUT2D eigenvalue weighted by Crippen LogP contribution is -2.07. The van der Waals surface area contributed by atoms with Crippen molar-refractivity contribution in [2.75, 3.05) is 24.2 Å². The second kappa shape index (κ2) is 6.39. The molecule has 1 aliphatic carbocycles. The van der Waals surface area contributed by atoms with E-state index in [-0.39, 0.29) is 0 Å². The highest BCUT2D eigenvalue weighted by atomic mass is 32.1. The van der Waals surface area contributed by atoms with Crippen LogP contribution in [-0.4, -0.2) is 23.6 Å². The van der Waals surface area contributed by atoms with Crippen LogP contribution in [0, 0.1) is 5.92 Å². The Morgan fingerprint density at radius 3 is 2.95 bits per heavy atom. The summed E-state index contributed by atoms with van der Waals surface area (Å²) in [6.07, 6.45) is 8.33. The van der Waals surface area contributed by atoms with Crippen molar-refractivity contribution in [1.29, 1.82) is 0 Å². The first kappa shape index (κ1) is 13.6. The molecule has 4 nitrogen and oxygen atoms in total. The van der Waals surface area contributed by atoms with Gasteiger partial charge in [0.05, 0.1) is 5.39 Å². The second-order valence-corrected chi connectivity index (χ2v) is 6.40. The third-order valence-corrected chi connectivity index (χ3v) is 4.91. The maximum absolute atomic E-state index is 4.53. The number of nitrogens with zero attached hydrogens (tertiary/aromatic N) is 2. The molecule has 2 heterocycles. The minimum atomic E-state index is 0.693. The van der Waals surface area contributed by atoms with E-state index < -0.39 is 0 Å². The van der Waals surface area contributed by atoms with Crippen molar-refractivity contribution >= 4 is 33.3 Å². The van der Waals surface area contributed by atoms with Crippen LogP contribution in [0.5, 0.6) is 0 Å². The molecule has 20 heavy (non-hydrogen) atoms. The van der Waals surface area contributed by atoms with Crippen LogP contribution in [0.25, 0.3) is 10.2 Å². The molecule has 0 saturated heterocycles. The van der Waals surface area contributed by atoms with Gasteiger partial charge in [-0.15, -0.1) is 11.3 Å². The van der Waals surface area contributed by atoms with Crippen LogP contribution in [0.2, 0.25) is 0 Å². The molecule has 0 aromatic carbocycles. The van der Waals surface area contributed by atoms with E-state index in [1.54, 1.807) is 11.3 Å². The fourth-order valence-electron chi connectivity index (χ4n) is 3.00. The third kappa shape index (κ3) is 3.03. The summed E-state index contributed by atoms with van der Waals surface area (Å²) in [5.74, 6) is 2.63. The smallest absolute Gasteiger partial charge is 0.225 e. The van der Waals surface area contributed by atoms with Gasteiger partial charge in [0.2, 0.25) is 5.95 Å². The monoisotopic (exact) mass is 290 g/mol. The van der Waals surface area contributed by atoms with E-state index in [1.807, 2.05) is 7.05 Å². The molecule has 0 aliphatic heterocycles. The number of hydrogen-bond donors (Lipinski definition) is 2. The van der Waals surface area contributed by atoms with Crippen LogP contribution in [0.15, 0.2) is 11.4 Å². The Labute approximate surface area is 124 Å². The van der Waals surface area contributed by atoms with Crippen molar-refractivity contribution in [3.63, 3.8) is 0 Å². The molecule has 2 N–H and O–H groups in total. The molecule has 0 atom stereocenters. The Balaban J connectivity index is 1.59. The zero-order chi connectivity index (χ0) is 13.8. The molecular formula is C15H22N4S. The number of aromatic nitrogens is 2. The van der Waals surface area contributed by atoms with Crippen LogP contribution in [-0.2, 0) is 0 Å². The Kier molecular flexibility index (Phi) is 4.35. The summed E-state index contributed by atoms with van der Waals surface area (Å²) in [7, 11) is 1.86. The first-order valence-electron chi connectivity index (χ1n) is 7.53. The third-order valence-electron chi connectivity index (χ3n) is 4.11. The summed E-state index contributed by atoms with van der Waals surface area (Å²) in [4.78, 5) is 10.0. The summed E-state index contributed by atoms with van der Waals surface area (Å²) < 4.78 is 0. The van der Waals surface area contributed by atoms with Gasteiger partial charge in [-0.25, -0.2) is 4.98 Å². The lowest BCUT2D eigenvalue weighted by Gasteiger charge is -2.11. The van der Waals surface area contributed by atoms with Crippen LogP contribution in [0.3, 0.4) is 0 Å². The van der Waals surface area contributed by atoms with Crippen molar-refractivity contribution in [3.8, 4) is 0 Å². The Morgan fingerprint density at radius 2 is 2.15 bits per heavy atom. The largest absolute Gasteiger partial charge is 0.369 e. The Morgan fingerprint density at radius 1 is 1.30 bits per heavy atom. The molecule has 0 spiro atoms. The topological polar surface area (TPSA) is 49.8 Å². The highest BCUT2D eigenvalue weighted by Crippen LogP contribution is 2.29. The van der Waals surface area contributed by atoms with Crippen LogP contribution < -0.4 is 10.6 Å². The molecule has 0 bridgehead atoms. The Hall–Kier alpha value is -1.36. The summed E-state index contributed by atoms with van der Waals surface area (Å²) >= 11 is 1.66. The standard InChI is InChI=1S/C15H22N4S/c1-16-15-18-13(12-8-10-20-14(12)19-15)17-9-4-7-11-5-2-3-6-11/h8,10-11H,2-7,9H2,1H3,(H2,16,17,18,19). The van der Waals surface area contributed by atoms with Gasteiger partial charge in [-0.05, 0) is 30.2 Å². The van der Waals surface area contributed by atoms with Gasteiger partial charge in [0, 0.05) is 13.6 Å². The van der Waals surface area contributed by atoms with Crippen LogP contribution >= 0.6 is 11.3 Å². The molecule has 3 rings (SSSR count). The minimum absolute atomic E-state index is 0.693. The summed E-state index contributed by atoms with van der Waals surface area (Å²) in [6.45, 7) is 1.00. The van der Waals surface area contributed by atoms with Gasteiger partial charge in [-0.3, -0.25) is 0 Å². The molecule has 0 unspecified atom stereocenters. The van der Waals surface area contributed by atoms with Gasteiger partial charge < -0.3 is 10.6 Å². The molecule has 1 fully saturated rings. The molecule has 2 aromatic rings. The predicted molar refractivity (Wildman–Crippen MR) is 86.6 cm³/mol. The average molecular weight is 290 g/mol. The van der Waals surface area contributed by atoms with Crippen molar-refractivity contribution in [3.05, 3.63) is 11.4 Å². The van der Waals surface area contributed by atoms with E-state index >= 15 is 0 Å². The molecule has 5 heteroatoms. The van der Waals surface area contributed by atoms with Gasteiger partial charge >= 0.3 is 0 Å². The molecule has 1 saturated carbocycles. The molecular weight excluding hydrogens is 268 g/mol. The number of hydrogen-bond acceptors (Lipinski definition) is 5. The highest BCUT2D eigenvalue weighted by molar-refractivity contribution is 7.16. The lowest BCUT2D eigenvalue weighted by atomic mass is 10.0. The van der Waals surface area contributed by atoms with E-state index in [0.29, 0.717) is 5.95 Å². The molecule has 1 aliphatic rings. The normalized spacial score (nSPS) is 15.8. The maximum Gasteiger partial charge on any atom is 0.225 e. The zero-order valence-electron chi connectivity index (χ0n) is 12.0. The average Bonchev–Trinajstić information content (AvgIpc) is 3.13. The number of rotatable bonds is 6. The van der Waals surface area contributed by atoms with Crippen LogP contribution in [0.4, 0.5) is 11.8 Å². The predicted octanol–water partition coefficient (Wildman–Crippen LogP) is 4.12. The first-order chi connectivity index (χ1) is 9.86. The van der Waals surface area contributed by atoms with Crippen molar-refractivity contribution < 1.29 is 0 Å². The molecule has 0 amide bonds. The lowest BCUT2D eigenvalue weighted by molar-refractivity contribution is 0.491. The van der Waals surface area contributed by atoms with Crippen molar-refractivity contribution in [1.82, 2.24) is 9.97 Å². The van der Waals surface area contributed by atoms with E-state index in [9.17, 15) is 0 Å². The second-order valence-electron chi connectivity index (χ2n) is 5.50. The zero-order valence-corrected chi connectivity index (χ0v) is 12.8. The number of thiophene rings is 1. The maximum atomic E-state index is 4.53. The van der Waals surface area contributed by atoms with Gasteiger partial charge in [0.15, 0.2) is 0 Å². The molecule has 108 valence electrons. The summed E-state index contributed by atoms with van der Waals surface area (Å²) in [5, 5.41) is 9.72. The highest BCUT2D eigenvalue weighted by Gasteiger charge is 2.14. The van der Waals surface area contributed by atoms with Gasteiger partial charge in [0.25, 0.3) is 0 Å². The molecule has 2 aromatic heterocycles. The number of nitrogens with one attached hydrogen (secondary N) is 2. The van der Waals surface area contributed by atoms with E-state index in [0.717, 1.165) is 28.5 Å². The Bertz CT molecular complexity index is 560. The van der Waals surface area contributed by atoms with E-state index in [4.69, 9.17) is 0 Å². The SMILES string of the molecule is CNc1nc(NCCCC2CCCC2)c2ccsc2n1. The van der Waals surface area contributed by atoms with Crippen molar-refractivity contribution in [2.45, 2.75) is 38.5 Å². The van der Waals surface area contributed by atoms with Gasteiger partial charge in [-0.1, -0.05) is 25.7 Å². The summed E-state index contributed by atoms with van der Waals surface area (Å²) in [5.41, 5.74) is 0. The van der Waals surface area contributed by atoms with E-state index in [1.165, 1.54) is 38.5 Å². The minimum Gasteiger partial charge on any atom is -0.369 e. The van der Waals surface area contributed by atoms with Gasteiger partial charge in [0.1, 0.15) is 10.6 Å². The van der Waals surface area contributed by atoms with Gasteiger partial charge in [-0.2, -0.15) is 4.98 Å². The summed E-state index contributed by atoms with van der Waals surface area (Å²) in [6, 6.07) is 2.10.